The molecule has 0 aliphatic carbocycles. The molecule has 2 atom stereocenters. The minimum atomic E-state index is -4.47. The fourth-order valence-corrected chi connectivity index (χ4v) is 3.29. The second-order valence-corrected chi connectivity index (χ2v) is 7.46. The Bertz CT molecular complexity index is 725. The fraction of sp³-hybridized carbons (Fsp3) is 0.556. The van der Waals surface area contributed by atoms with Gasteiger partial charge in [0.25, 0.3) is 0 Å². The molecule has 0 aromatic carbocycles. The lowest BCUT2D eigenvalue weighted by Gasteiger charge is -2.44. The number of rotatable bonds is 1. The Kier molecular flexibility index (Phi) is 4.72. The minimum Gasteiger partial charge on any atom is -0.444 e. The lowest BCUT2D eigenvalue weighted by molar-refractivity contribution is -0.137. The molecule has 5 nitrogen and oxygen atoms in total. The summed E-state index contributed by atoms with van der Waals surface area (Å²) in [5.74, 6) is 0. The molecule has 1 fully saturated rings. The van der Waals surface area contributed by atoms with E-state index in [0.717, 1.165) is 12.3 Å². The maximum absolute atomic E-state index is 13.3. The van der Waals surface area contributed by atoms with E-state index in [1.165, 1.54) is 6.20 Å². The third kappa shape index (κ3) is 3.85. The van der Waals surface area contributed by atoms with E-state index in [0.29, 0.717) is 5.57 Å². The summed E-state index contributed by atoms with van der Waals surface area (Å²) < 4.78 is 50.9. The van der Waals surface area contributed by atoms with Crippen molar-refractivity contribution in [3.8, 4) is 0 Å². The summed E-state index contributed by atoms with van der Waals surface area (Å²) >= 11 is 0. The minimum absolute atomic E-state index is 0.0562. The molecule has 2 aliphatic rings. The number of morpholine rings is 1. The van der Waals surface area contributed by atoms with Crippen LogP contribution in [0.3, 0.4) is 0 Å². The SMILES string of the molecule is CC(C)(C)OC(=O)N1C2C=C(c3cnccc3C(F)(F)F)CC1COC2. The molecule has 1 amide bonds. The van der Waals surface area contributed by atoms with Crippen LogP contribution in [0.4, 0.5) is 18.0 Å². The van der Waals surface area contributed by atoms with Gasteiger partial charge < -0.3 is 9.47 Å². The number of carbonyl (C=O) groups excluding carboxylic acids is 1. The molecule has 0 spiro atoms. The molecule has 2 unspecified atom stereocenters. The third-order valence-corrected chi connectivity index (χ3v) is 4.28. The number of amides is 1. The lowest BCUT2D eigenvalue weighted by atomic mass is 9.88. The number of halogens is 3. The van der Waals surface area contributed by atoms with E-state index in [9.17, 15) is 18.0 Å². The first-order valence-corrected chi connectivity index (χ1v) is 8.37. The van der Waals surface area contributed by atoms with Crippen LogP contribution in [-0.4, -0.2) is 46.9 Å². The van der Waals surface area contributed by atoms with Crippen molar-refractivity contribution in [2.45, 2.75) is 51.1 Å². The molecule has 1 aromatic rings. The molecule has 0 saturated carbocycles. The first-order chi connectivity index (χ1) is 12.1. The molecule has 0 N–H and O–H groups in total. The van der Waals surface area contributed by atoms with Crippen LogP contribution in [-0.2, 0) is 15.7 Å². The highest BCUT2D eigenvalue weighted by Crippen LogP contribution is 2.39. The number of carbonyl (C=O) groups is 1. The van der Waals surface area contributed by atoms with Crippen molar-refractivity contribution < 1.29 is 27.4 Å². The second kappa shape index (κ2) is 6.57. The predicted octanol–water partition coefficient (Wildman–Crippen LogP) is 3.89. The molecular weight excluding hydrogens is 349 g/mol. The van der Waals surface area contributed by atoms with Crippen molar-refractivity contribution in [3.05, 3.63) is 35.7 Å². The van der Waals surface area contributed by atoms with Gasteiger partial charge in [-0.15, -0.1) is 0 Å². The number of fused-ring (bicyclic) bond motifs is 2. The van der Waals surface area contributed by atoms with Crippen LogP contribution in [0.25, 0.3) is 5.57 Å². The smallest absolute Gasteiger partial charge is 0.417 e. The predicted molar refractivity (Wildman–Crippen MR) is 88.3 cm³/mol. The number of nitrogens with zero attached hydrogens (tertiary/aromatic N) is 2. The maximum Gasteiger partial charge on any atom is 0.417 e. The summed E-state index contributed by atoms with van der Waals surface area (Å²) in [5, 5.41) is 0. The zero-order valence-electron chi connectivity index (χ0n) is 14.8. The molecule has 26 heavy (non-hydrogen) atoms. The summed E-state index contributed by atoms with van der Waals surface area (Å²) in [6, 6.07) is 0.140. The van der Waals surface area contributed by atoms with Crippen molar-refractivity contribution >= 4 is 11.7 Å². The zero-order chi connectivity index (χ0) is 19.1. The molecule has 3 rings (SSSR count). The van der Waals surface area contributed by atoms with Crippen LogP contribution in [0.1, 0.15) is 38.3 Å². The summed E-state index contributed by atoms with van der Waals surface area (Å²) in [6.45, 7) is 5.80. The van der Waals surface area contributed by atoms with Gasteiger partial charge in [0.1, 0.15) is 5.60 Å². The number of hydrogen-bond donors (Lipinski definition) is 0. The van der Waals surface area contributed by atoms with E-state index in [-0.39, 0.29) is 31.2 Å². The van der Waals surface area contributed by atoms with Crippen LogP contribution < -0.4 is 0 Å². The van der Waals surface area contributed by atoms with E-state index >= 15 is 0 Å². The number of ether oxygens (including phenoxy) is 2. The van der Waals surface area contributed by atoms with Crippen LogP contribution in [0.2, 0.25) is 0 Å². The Morgan fingerprint density at radius 1 is 1.31 bits per heavy atom. The molecule has 8 heteroatoms. The first-order valence-electron chi connectivity index (χ1n) is 8.37. The third-order valence-electron chi connectivity index (χ3n) is 4.28. The van der Waals surface area contributed by atoms with Crippen LogP contribution >= 0.6 is 0 Å². The largest absolute Gasteiger partial charge is 0.444 e. The average molecular weight is 370 g/mol. The average Bonchev–Trinajstić information content (AvgIpc) is 2.51. The van der Waals surface area contributed by atoms with Crippen molar-refractivity contribution in [2.75, 3.05) is 13.2 Å². The Hall–Kier alpha value is -2.09. The van der Waals surface area contributed by atoms with Gasteiger partial charge in [0.15, 0.2) is 0 Å². The molecular formula is C18H21F3N2O3. The summed E-state index contributed by atoms with van der Waals surface area (Å²) in [7, 11) is 0. The van der Waals surface area contributed by atoms with Crippen LogP contribution in [0.5, 0.6) is 0 Å². The summed E-state index contributed by atoms with van der Waals surface area (Å²) in [4.78, 5) is 17.9. The van der Waals surface area contributed by atoms with Gasteiger partial charge in [-0.05, 0) is 38.8 Å². The van der Waals surface area contributed by atoms with Crippen LogP contribution in [0, 0.1) is 0 Å². The van der Waals surface area contributed by atoms with Crippen LogP contribution in [0.15, 0.2) is 24.5 Å². The fourth-order valence-electron chi connectivity index (χ4n) is 3.29. The van der Waals surface area contributed by atoms with Gasteiger partial charge in [0.2, 0.25) is 0 Å². The van der Waals surface area contributed by atoms with Crippen molar-refractivity contribution in [2.24, 2.45) is 0 Å². The molecule has 1 saturated heterocycles. The van der Waals surface area contributed by atoms with E-state index < -0.39 is 29.5 Å². The number of alkyl halides is 3. The molecule has 0 radical (unpaired) electrons. The number of aromatic nitrogens is 1. The highest BCUT2D eigenvalue weighted by atomic mass is 19.4. The molecule has 142 valence electrons. The Labute approximate surface area is 149 Å². The topological polar surface area (TPSA) is 51.7 Å². The van der Waals surface area contributed by atoms with E-state index in [1.54, 1.807) is 31.7 Å². The second-order valence-electron chi connectivity index (χ2n) is 7.46. The standard InChI is InChI=1S/C18H21F3N2O3/c1-17(2,3)26-16(24)23-12-6-11(7-13(23)10-25-9-12)14-8-22-5-4-15(14)18(19,20)21/h4-6,8,12-13H,7,9-10H2,1-3H3. The lowest BCUT2D eigenvalue weighted by Crippen LogP contribution is -2.57. The highest BCUT2D eigenvalue weighted by molar-refractivity contribution is 5.75. The van der Waals surface area contributed by atoms with Gasteiger partial charge in [0, 0.05) is 18.0 Å². The number of pyridine rings is 1. The highest BCUT2D eigenvalue weighted by Gasteiger charge is 2.42. The monoisotopic (exact) mass is 370 g/mol. The van der Waals surface area contributed by atoms with E-state index in [1.807, 2.05) is 0 Å². The normalized spacial score (nSPS) is 23.5. The Morgan fingerprint density at radius 2 is 2.04 bits per heavy atom. The van der Waals surface area contributed by atoms with Gasteiger partial charge in [-0.3, -0.25) is 9.88 Å². The van der Waals surface area contributed by atoms with Gasteiger partial charge in [-0.1, -0.05) is 6.08 Å². The van der Waals surface area contributed by atoms with Crippen molar-refractivity contribution in [1.82, 2.24) is 9.88 Å². The first kappa shape index (κ1) is 18.7. The van der Waals surface area contributed by atoms with E-state index in [4.69, 9.17) is 9.47 Å². The van der Waals surface area contributed by atoms with Crippen molar-refractivity contribution in [1.29, 1.82) is 0 Å². The van der Waals surface area contributed by atoms with Gasteiger partial charge >= 0.3 is 12.3 Å². The Balaban J connectivity index is 1.94. The summed E-state index contributed by atoms with van der Waals surface area (Å²) in [5.41, 5.74) is -0.781. The molecule has 2 aliphatic heterocycles. The maximum atomic E-state index is 13.3. The summed E-state index contributed by atoms with van der Waals surface area (Å²) in [6.07, 6.45) is -0.668. The van der Waals surface area contributed by atoms with Crippen molar-refractivity contribution in [3.63, 3.8) is 0 Å². The van der Waals surface area contributed by atoms with E-state index in [2.05, 4.69) is 4.98 Å². The molecule has 3 heterocycles. The van der Waals surface area contributed by atoms with Gasteiger partial charge in [-0.25, -0.2) is 4.79 Å². The van der Waals surface area contributed by atoms with Gasteiger partial charge in [-0.2, -0.15) is 13.2 Å². The Morgan fingerprint density at radius 3 is 2.65 bits per heavy atom. The molecule has 1 aromatic heterocycles. The number of hydrogen-bond acceptors (Lipinski definition) is 4. The zero-order valence-corrected chi connectivity index (χ0v) is 14.8. The molecule has 2 bridgehead atoms. The quantitative estimate of drug-likeness (QED) is 0.753. The van der Waals surface area contributed by atoms with Gasteiger partial charge in [0.05, 0.1) is 30.9 Å².